The monoisotopic (exact) mass is 239 g/mol. The molecule has 0 N–H and O–H groups in total. The molecule has 0 bridgehead atoms. The fourth-order valence-electron chi connectivity index (χ4n) is 2.61. The molecule has 1 fully saturated rings. The molecule has 17 heavy (non-hydrogen) atoms. The zero-order valence-corrected chi connectivity index (χ0v) is 12.0. The second-order valence-electron chi connectivity index (χ2n) is 5.55. The minimum atomic E-state index is 0.502. The molecule has 2 nitrogen and oxygen atoms in total. The molecule has 1 aliphatic rings. The molecule has 0 radical (unpaired) electrons. The van der Waals surface area contributed by atoms with E-state index in [1.807, 2.05) is 7.11 Å². The van der Waals surface area contributed by atoms with E-state index in [9.17, 15) is 0 Å². The first-order valence-corrected chi connectivity index (χ1v) is 7.12. The van der Waals surface area contributed by atoms with Crippen LogP contribution < -0.4 is 0 Å². The second-order valence-corrected chi connectivity index (χ2v) is 5.55. The predicted molar refractivity (Wildman–Crippen MR) is 74.0 cm³/mol. The second kappa shape index (κ2) is 7.75. The fraction of sp³-hybridized carbons (Fsp3) is 0.867. The Morgan fingerprint density at radius 1 is 1.24 bits per heavy atom. The topological polar surface area (TPSA) is 12.5 Å². The Labute approximate surface area is 107 Å². The molecule has 1 saturated carbocycles. The lowest BCUT2D eigenvalue weighted by Gasteiger charge is -2.37. The van der Waals surface area contributed by atoms with E-state index in [1.165, 1.54) is 32.2 Å². The summed E-state index contributed by atoms with van der Waals surface area (Å²) >= 11 is 0. The molecule has 1 aliphatic carbocycles. The van der Waals surface area contributed by atoms with Crippen LogP contribution in [-0.4, -0.2) is 30.7 Å². The van der Waals surface area contributed by atoms with Crippen molar-refractivity contribution in [3.63, 3.8) is 0 Å². The fourth-order valence-corrected chi connectivity index (χ4v) is 2.61. The van der Waals surface area contributed by atoms with E-state index in [-0.39, 0.29) is 0 Å². The Morgan fingerprint density at radius 3 is 2.35 bits per heavy atom. The quantitative estimate of drug-likeness (QED) is 0.698. The number of rotatable bonds is 6. The molecule has 0 amide bonds. The van der Waals surface area contributed by atoms with Crippen LogP contribution in [0.1, 0.15) is 52.9 Å². The summed E-state index contributed by atoms with van der Waals surface area (Å²) in [6.07, 6.45) is 11.2. The zero-order valence-electron chi connectivity index (χ0n) is 12.0. The molecule has 1 rings (SSSR count). The van der Waals surface area contributed by atoms with Gasteiger partial charge in [-0.15, -0.1) is 0 Å². The van der Waals surface area contributed by atoms with Gasteiger partial charge in [-0.2, -0.15) is 0 Å². The lowest BCUT2D eigenvalue weighted by molar-refractivity contribution is 0.0462. The highest BCUT2D eigenvalue weighted by Crippen LogP contribution is 2.25. The highest BCUT2D eigenvalue weighted by Gasteiger charge is 2.24. The Bertz CT molecular complexity index is 217. The van der Waals surface area contributed by atoms with Crippen LogP contribution in [0.5, 0.6) is 0 Å². The molecule has 100 valence electrons. The smallest absolute Gasteiger partial charge is 0.0572 e. The molecule has 0 aromatic rings. The van der Waals surface area contributed by atoms with Gasteiger partial charge in [-0.1, -0.05) is 26.8 Å². The van der Waals surface area contributed by atoms with Gasteiger partial charge in [0, 0.05) is 19.7 Å². The van der Waals surface area contributed by atoms with E-state index in [0.717, 1.165) is 18.4 Å². The Balaban J connectivity index is 2.49. The van der Waals surface area contributed by atoms with E-state index in [0.29, 0.717) is 6.10 Å². The minimum Gasteiger partial charge on any atom is -0.381 e. The summed E-state index contributed by atoms with van der Waals surface area (Å²) in [7, 11) is 1.84. The van der Waals surface area contributed by atoms with E-state index in [2.05, 4.69) is 37.9 Å². The number of nitrogens with zero attached hydrogens (tertiary/aromatic N) is 1. The van der Waals surface area contributed by atoms with Gasteiger partial charge in [0.05, 0.1) is 6.10 Å². The van der Waals surface area contributed by atoms with Gasteiger partial charge in [0.15, 0.2) is 0 Å². The summed E-state index contributed by atoms with van der Waals surface area (Å²) in [5.74, 6) is 0.733. The summed E-state index contributed by atoms with van der Waals surface area (Å²) in [6.45, 7) is 7.98. The minimum absolute atomic E-state index is 0.502. The van der Waals surface area contributed by atoms with Gasteiger partial charge in [-0.05, 0) is 44.2 Å². The third-order valence-electron chi connectivity index (χ3n) is 3.55. The summed E-state index contributed by atoms with van der Waals surface area (Å²) in [5, 5.41) is 0. The molecular formula is C15H29NO. The van der Waals surface area contributed by atoms with Gasteiger partial charge in [-0.3, -0.25) is 0 Å². The van der Waals surface area contributed by atoms with E-state index >= 15 is 0 Å². The first-order valence-electron chi connectivity index (χ1n) is 7.12. The van der Waals surface area contributed by atoms with Crippen molar-refractivity contribution < 1.29 is 4.74 Å². The van der Waals surface area contributed by atoms with Gasteiger partial charge >= 0.3 is 0 Å². The number of hydrogen-bond donors (Lipinski definition) is 0. The van der Waals surface area contributed by atoms with Gasteiger partial charge in [0.25, 0.3) is 0 Å². The average Bonchev–Trinajstić information content (AvgIpc) is 2.34. The molecule has 0 aromatic heterocycles. The van der Waals surface area contributed by atoms with Crippen LogP contribution in [-0.2, 0) is 4.74 Å². The predicted octanol–water partition coefficient (Wildman–Crippen LogP) is 3.83. The van der Waals surface area contributed by atoms with Crippen LogP contribution in [0.2, 0.25) is 0 Å². The molecule has 0 unspecified atom stereocenters. The first kappa shape index (κ1) is 14.6. The SMILES string of the molecule is CC/C=C/N(CC(C)C)[C@H]1CC[C@@H](OC)CC1. The summed E-state index contributed by atoms with van der Waals surface area (Å²) < 4.78 is 5.44. The molecule has 2 heteroatoms. The molecule has 0 atom stereocenters. The van der Waals surface area contributed by atoms with E-state index < -0.39 is 0 Å². The maximum Gasteiger partial charge on any atom is 0.0572 e. The average molecular weight is 239 g/mol. The molecule has 0 heterocycles. The van der Waals surface area contributed by atoms with Crippen LogP contribution >= 0.6 is 0 Å². The number of ether oxygens (including phenoxy) is 1. The molecule has 0 aliphatic heterocycles. The van der Waals surface area contributed by atoms with Gasteiger partial charge < -0.3 is 9.64 Å². The van der Waals surface area contributed by atoms with Crippen molar-refractivity contribution in [1.82, 2.24) is 4.90 Å². The third kappa shape index (κ3) is 5.12. The molecule has 0 aromatic carbocycles. The zero-order chi connectivity index (χ0) is 12.7. The van der Waals surface area contributed by atoms with Gasteiger partial charge in [0.1, 0.15) is 0 Å². The number of hydrogen-bond acceptors (Lipinski definition) is 2. The lowest BCUT2D eigenvalue weighted by Crippen LogP contribution is -2.38. The summed E-state index contributed by atoms with van der Waals surface area (Å²) in [5.41, 5.74) is 0. The van der Waals surface area contributed by atoms with Crippen molar-refractivity contribution >= 4 is 0 Å². The van der Waals surface area contributed by atoms with Crippen molar-refractivity contribution in [2.75, 3.05) is 13.7 Å². The van der Waals surface area contributed by atoms with E-state index in [4.69, 9.17) is 4.74 Å². The first-order chi connectivity index (χ1) is 8.17. The number of methoxy groups -OCH3 is 1. The molecule has 0 spiro atoms. The van der Waals surface area contributed by atoms with Gasteiger partial charge in [-0.25, -0.2) is 0 Å². The normalized spacial score (nSPS) is 25.7. The molecule has 0 saturated heterocycles. The standard InChI is InChI=1S/C15H29NO/c1-5-6-11-16(12-13(2)3)14-7-9-15(17-4)10-8-14/h6,11,13-15H,5,7-10,12H2,1-4H3/b11-6+/t14-,15+. The van der Waals surface area contributed by atoms with Crippen molar-refractivity contribution in [3.8, 4) is 0 Å². The van der Waals surface area contributed by atoms with Crippen molar-refractivity contribution in [2.24, 2.45) is 5.92 Å². The lowest BCUT2D eigenvalue weighted by atomic mass is 9.91. The highest BCUT2D eigenvalue weighted by molar-refractivity contribution is 4.89. The van der Waals surface area contributed by atoms with Crippen molar-refractivity contribution in [2.45, 2.75) is 65.0 Å². The Hall–Kier alpha value is -0.500. The van der Waals surface area contributed by atoms with Gasteiger partial charge in [0.2, 0.25) is 0 Å². The largest absolute Gasteiger partial charge is 0.381 e. The summed E-state index contributed by atoms with van der Waals surface area (Å²) in [4.78, 5) is 2.56. The maximum absolute atomic E-state index is 5.44. The van der Waals surface area contributed by atoms with Crippen molar-refractivity contribution in [1.29, 1.82) is 0 Å². The molecular weight excluding hydrogens is 210 g/mol. The maximum atomic E-state index is 5.44. The van der Waals surface area contributed by atoms with E-state index in [1.54, 1.807) is 0 Å². The summed E-state index contributed by atoms with van der Waals surface area (Å²) in [6, 6.07) is 0.728. The van der Waals surface area contributed by atoms with Crippen LogP contribution in [0.4, 0.5) is 0 Å². The van der Waals surface area contributed by atoms with Crippen LogP contribution in [0.3, 0.4) is 0 Å². The third-order valence-corrected chi connectivity index (χ3v) is 3.55. The highest BCUT2D eigenvalue weighted by atomic mass is 16.5. The number of allylic oxidation sites excluding steroid dienone is 1. The van der Waals surface area contributed by atoms with Crippen LogP contribution in [0.15, 0.2) is 12.3 Å². The Kier molecular flexibility index (Phi) is 6.64. The Morgan fingerprint density at radius 2 is 1.88 bits per heavy atom. The van der Waals surface area contributed by atoms with Crippen molar-refractivity contribution in [3.05, 3.63) is 12.3 Å². The van der Waals surface area contributed by atoms with Crippen LogP contribution in [0.25, 0.3) is 0 Å². The van der Waals surface area contributed by atoms with Crippen LogP contribution in [0, 0.1) is 5.92 Å².